The highest BCUT2D eigenvalue weighted by atomic mass is 79.9. The fourth-order valence-electron chi connectivity index (χ4n) is 2.03. The molecule has 0 spiro atoms. The number of hydrogen-bond donors (Lipinski definition) is 1. The molecule has 0 heterocycles. The summed E-state index contributed by atoms with van der Waals surface area (Å²) in [4.78, 5) is 24.6. The second kappa shape index (κ2) is 9.49. The Balaban J connectivity index is 1.72. The molecule has 1 amide bonds. The number of carbonyl (C=O) groups excluding carboxylic acids is 2. The van der Waals surface area contributed by atoms with Gasteiger partial charge in [-0.15, -0.1) is 11.8 Å². The molecule has 0 fully saturated rings. The van der Waals surface area contributed by atoms with E-state index >= 15 is 0 Å². The first kappa shape index (κ1) is 18.5. The Hall–Kier alpha value is -1.79. The molecule has 0 unspecified atom stereocenters. The number of ether oxygens (including phenoxy) is 1. The molecule has 1 N–H and O–H groups in total. The minimum Gasteiger partial charge on any atom is -0.455 e. The van der Waals surface area contributed by atoms with Crippen molar-refractivity contribution in [1.82, 2.24) is 5.32 Å². The summed E-state index contributed by atoms with van der Waals surface area (Å²) in [6.45, 7) is 1.61. The van der Waals surface area contributed by atoms with E-state index in [-0.39, 0.29) is 24.3 Å². The van der Waals surface area contributed by atoms with E-state index in [9.17, 15) is 9.59 Å². The number of amides is 1. The third kappa shape index (κ3) is 6.02. The predicted octanol–water partition coefficient (Wildman–Crippen LogP) is 3.96. The largest absolute Gasteiger partial charge is 0.455 e. The zero-order chi connectivity index (χ0) is 17.4. The van der Waals surface area contributed by atoms with Crippen molar-refractivity contribution in [1.29, 1.82) is 0 Å². The number of nitrogens with one attached hydrogen (secondary N) is 1. The molecule has 0 saturated carbocycles. The Morgan fingerprint density at radius 2 is 1.79 bits per heavy atom. The third-order valence-electron chi connectivity index (χ3n) is 3.21. The van der Waals surface area contributed by atoms with Crippen LogP contribution in [0.4, 0.5) is 0 Å². The van der Waals surface area contributed by atoms with Crippen molar-refractivity contribution in [3.8, 4) is 0 Å². The maximum Gasteiger partial charge on any atom is 0.316 e. The van der Waals surface area contributed by atoms with Crippen LogP contribution in [0.3, 0.4) is 0 Å². The summed E-state index contributed by atoms with van der Waals surface area (Å²) >= 11 is 4.83. The monoisotopic (exact) mass is 407 g/mol. The average molecular weight is 408 g/mol. The fraction of sp³-hybridized carbons (Fsp3) is 0.222. The van der Waals surface area contributed by atoms with Gasteiger partial charge in [-0.25, -0.2) is 0 Å². The number of benzene rings is 2. The molecule has 0 aliphatic rings. The number of thioether (sulfide) groups is 1. The number of esters is 1. The Morgan fingerprint density at radius 3 is 2.50 bits per heavy atom. The van der Waals surface area contributed by atoms with Crippen molar-refractivity contribution < 1.29 is 14.3 Å². The summed E-state index contributed by atoms with van der Waals surface area (Å²) in [5, 5.41) is 2.81. The van der Waals surface area contributed by atoms with Gasteiger partial charge in [0.25, 0.3) is 5.91 Å². The van der Waals surface area contributed by atoms with Crippen LogP contribution < -0.4 is 5.32 Å². The van der Waals surface area contributed by atoms with Gasteiger partial charge in [-0.1, -0.05) is 52.3 Å². The maximum absolute atomic E-state index is 11.9. The standard InChI is InChI=1S/C18H18BrNO3S/c1-13(15-9-5-6-10-16(15)19)20-17(21)11-23-18(22)12-24-14-7-3-2-4-8-14/h2-10,13H,11-12H2,1H3,(H,20,21)/t13-/m0/s1. The molecule has 2 aromatic rings. The van der Waals surface area contributed by atoms with Crippen LogP contribution in [0.15, 0.2) is 64.0 Å². The SMILES string of the molecule is C[C@H](NC(=O)COC(=O)CSc1ccccc1)c1ccccc1Br. The van der Waals surface area contributed by atoms with Crippen molar-refractivity contribution in [3.05, 3.63) is 64.6 Å². The van der Waals surface area contributed by atoms with Crippen LogP contribution in [-0.4, -0.2) is 24.2 Å². The van der Waals surface area contributed by atoms with Gasteiger partial charge in [-0.05, 0) is 30.7 Å². The Labute approximate surface area is 154 Å². The number of carbonyl (C=O) groups is 2. The highest BCUT2D eigenvalue weighted by Crippen LogP contribution is 2.22. The molecule has 1 atom stereocenters. The minimum atomic E-state index is -0.410. The first-order valence-electron chi connectivity index (χ1n) is 7.43. The van der Waals surface area contributed by atoms with E-state index in [0.29, 0.717) is 0 Å². The molecule has 0 bridgehead atoms. The molecule has 2 rings (SSSR count). The molecule has 0 radical (unpaired) electrons. The van der Waals surface area contributed by atoms with Crippen LogP contribution in [0.2, 0.25) is 0 Å². The van der Waals surface area contributed by atoms with Crippen molar-refractivity contribution in [2.24, 2.45) is 0 Å². The van der Waals surface area contributed by atoms with E-state index in [1.165, 1.54) is 11.8 Å². The van der Waals surface area contributed by atoms with E-state index < -0.39 is 5.97 Å². The molecule has 0 aromatic heterocycles. The van der Waals surface area contributed by atoms with Gasteiger partial charge in [0, 0.05) is 9.37 Å². The van der Waals surface area contributed by atoms with Crippen molar-refractivity contribution in [2.45, 2.75) is 17.9 Å². The maximum atomic E-state index is 11.9. The van der Waals surface area contributed by atoms with E-state index in [4.69, 9.17) is 4.74 Å². The summed E-state index contributed by atoms with van der Waals surface area (Å²) in [7, 11) is 0. The summed E-state index contributed by atoms with van der Waals surface area (Å²) in [6, 6.07) is 17.1. The van der Waals surface area contributed by atoms with Gasteiger partial charge in [-0.2, -0.15) is 0 Å². The van der Waals surface area contributed by atoms with Crippen LogP contribution in [-0.2, 0) is 14.3 Å². The number of halogens is 1. The smallest absolute Gasteiger partial charge is 0.316 e. The lowest BCUT2D eigenvalue weighted by molar-refractivity contribution is -0.146. The van der Waals surface area contributed by atoms with Crippen molar-refractivity contribution in [3.63, 3.8) is 0 Å². The van der Waals surface area contributed by atoms with Crippen LogP contribution in [0.1, 0.15) is 18.5 Å². The predicted molar refractivity (Wildman–Crippen MR) is 98.8 cm³/mol. The molecule has 0 saturated heterocycles. The molecule has 2 aromatic carbocycles. The molecule has 24 heavy (non-hydrogen) atoms. The zero-order valence-electron chi connectivity index (χ0n) is 13.2. The lowest BCUT2D eigenvalue weighted by Gasteiger charge is -2.15. The molecule has 126 valence electrons. The van der Waals surface area contributed by atoms with Crippen LogP contribution >= 0.6 is 27.7 Å². The second-order valence-corrected chi connectivity index (χ2v) is 6.98. The second-order valence-electron chi connectivity index (χ2n) is 5.07. The Kier molecular flexibility index (Phi) is 7.34. The van der Waals surface area contributed by atoms with Gasteiger partial charge in [-0.3, -0.25) is 9.59 Å². The summed E-state index contributed by atoms with van der Waals surface area (Å²) < 4.78 is 5.93. The normalized spacial score (nSPS) is 11.6. The number of hydrogen-bond acceptors (Lipinski definition) is 4. The van der Waals surface area contributed by atoms with Gasteiger partial charge >= 0.3 is 5.97 Å². The van der Waals surface area contributed by atoms with Gasteiger partial charge in [0.1, 0.15) is 0 Å². The summed E-state index contributed by atoms with van der Waals surface area (Å²) in [6.07, 6.45) is 0. The van der Waals surface area contributed by atoms with Crippen molar-refractivity contribution in [2.75, 3.05) is 12.4 Å². The Bertz CT molecular complexity index is 694. The fourth-order valence-corrected chi connectivity index (χ4v) is 3.38. The molecular formula is C18H18BrNO3S. The third-order valence-corrected chi connectivity index (χ3v) is 4.92. The van der Waals surface area contributed by atoms with Crippen molar-refractivity contribution >= 4 is 39.6 Å². The molecular weight excluding hydrogens is 390 g/mol. The summed E-state index contributed by atoms with van der Waals surface area (Å²) in [5.74, 6) is -0.555. The van der Waals surface area contributed by atoms with E-state index in [1.54, 1.807) is 0 Å². The lowest BCUT2D eigenvalue weighted by atomic mass is 10.1. The topological polar surface area (TPSA) is 55.4 Å². The summed E-state index contributed by atoms with van der Waals surface area (Å²) in [5.41, 5.74) is 0.969. The van der Waals surface area contributed by atoms with Gasteiger partial charge < -0.3 is 10.1 Å². The van der Waals surface area contributed by atoms with Gasteiger partial charge in [0.05, 0.1) is 11.8 Å². The van der Waals surface area contributed by atoms with E-state index in [2.05, 4.69) is 21.2 Å². The Morgan fingerprint density at radius 1 is 1.12 bits per heavy atom. The first-order chi connectivity index (χ1) is 11.6. The molecule has 0 aliphatic heterocycles. The highest BCUT2D eigenvalue weighted by Gasteiger charge is 2.13. The van der Waals surface area contributed by atoms with Crippen LogP contribution in [0, 0.1) is 0 Å². The zero-order valence-corrected chi connectivity index (χ0v) is 15.6. The van der Waals surface area contributed by atoms with E-state index in [1.807, 2.05) is 61.5 Å². The van der Waals surface area contributed by atoms with E-state index in [0.717, 1.165) is 14.9 Å². The first-order valence-corrected chi connectivity index (χ1v) is 9.21. The van der Waals surface area contributed by atoms with Gasteiger partial charge in [0.15, 0.2) is 6.61 Å². The lowest BCUT2D eigenvalue weighted by Crippen LogP contribution is -2.31. The van der Waals surface area contributed by atoms with Gasteiger partial charge in [0.2, 0.25) is 0 Å². The van der Waals surface area contributed by atoms with Crippen LogP contribution in [0.5, 0.6) is 0 Å². The molecule has 0 aliphatic carbocycles. The minimum absolute atomic E-state index is 0.175. The highest BCUT2D eigenvalue weighted by molar-refractivity contribution is 9.10. The molecule has 6 heteroatoms. The number of rotatable bonds is 7. The van der Waals surface area contributed by atoms with Crippen LogP contribution in [0.25, 0.3) is 0 Å². The quantitative estimate of drug-likeness (QED) is 0.557. The molecule has 4 nitrogen and oxygen atoms in total. The average Bonchev–Trinajstić information content (AvgIpc) is 2.59.